The van der Waals surface area contributed by atoms with Crippen LogP contribution in [0.5, 0.6) is 5.75 Å². The third-order valence-corrected chi connectivity index (χ3v) is 2.32. The van der Waals surface area contributed by atoms with Crippen LogP contribution in [0.2, 0.25) is 0 Å². The lowest BCUT2D eigenvalue weighted by Crippen LogP contribution is -2.30. The Bertz CT molecular complexity index is 365. The van der Waals surface area contributed by atoms with Gasteiger partial charge in [-0.15, -0.1) is 0 Å². The molecule has 1 unspecified atom stereocenters. The average Bonchev–Trinajstić information content (AvgIpc) is 2.30. The topological polar surface area (TPSA) is 58.6 Å². The molecule has 1 aromatic carbocycles. The summed E-state index contributed by atoms with van der Waals surface area (Å²) in [6.45, 7) is 4.87. The van der Waals surface area contributed by atoms with Crippen LogP contribution in [0.4, 0.5) is 0 Å². The predicted molar refractivity (Wildman–Crippen MR) is 65.8 cm³/mol. The van der Waals surface area contributed by atoms with E-state index in [0.717, 1.165) is 18.5 Å². The fourth-order valence-electron chi connectivity index (χ4n) is 1.56. The first-order chi connectivity index (χ1) is 8.19. The fourth-order valence-corrected chi connectivity index (χ4v) is 1.56. The minimum absolute atomic E-state index is 0.148. The zero-order valence-corrected chi connectivity index (χ0v) is 10.3. The standard InChI is InChI=1S/C13H19NO3/c1-3-8-14-12(13(16)17-4-2)10-6-5-7-11(15)9-10/h5-7,9,12,14-15H,3-4,8H2,1-2H3. The molecule has 4 nitrogen and oxygen atoms in total. The summed E-state index contributed by atoms with van der Waals surface area (Å²) in [6.07, 6.45) is 0.925. The van der Waals surface area contributed by atoms with E-state index < -0.39 is 6.04 Å². The van der Waals surface area contributed by atoms with Gasteiger partial charge >= 0.3 is 5.97 Å². The SMILES string of the molecule is CCCNC(C(=O)OCC)c1cccc(O)c1. The Morgan fingerprint density at radius 1 is 1.47 bits per heavy atom. The van der Waals surface area contributed by atoms with Crippen molar-refractivity contribution in [3.8, 4) is 5.75 Å². The van der Waals surface area contributed by atoms with Crippen molar-refractivity contribution in [1.82, 2.24) is 5.32 Å². The predicted octanol–water partition coefficient (Wildman–Crippen LogP) is 2.00. The van der Waals surface area contributed by atoms with Crippen LogP contribution >= 0.6 is 0 Å². The highest BCUT2D eigenvalue weighted by Gasteiger charge is 2.21. The molecular weight excluding hydrogens is 218 g/mol. The van der Waals surface area contributed by atoms with Crippen molar-refractivity contribution in [2.24, 2.45) is 0 Å². The molecule has 0 heterocycles. The van der Waals surface area contributed by atoms with Gasteiger partial charge in [-0.25, -0.2) is 4.79 Å². The van der Waals surface area contributed by atoms with Gasteiger partial charge in [0.2, 0.25) is 0 Å². The number of phenols is 1. The van der Waals surface area contributed by atoms with Crippen molar-refractivity contribution in [3.63, 3.8) is 0 Å². The molecule has 0 aliphatic rings. The molecule has 0 amide bonds. The number of carbonyl (C=O) groups is 1. The molecule has 0 radical (unpaired) electrons. The molecule has 1 rings (SSSR count). The second-order valence-corrected chi connectivity index (χ2v) is 3.73. The van der Waals surface area contributed by atoms with Crippen molar-refractivity contribution in [2.75, 3.05) is 13.2 Å². The van der Waals surface area contributed by atoms with Gasteiger partial charge in [-0.2, -0.15) is 0 Å². The average molecular weight is 237 g/mol. The van der Waals surface area contributed by atoms with E-state index in [1.165, 1.54) is 0 Å². The highest BCUT2D eigenvalue weighted by atomic mass is 16.5. The maximum absolute atomic E-state index is 11.8. The van der Waals surface area contributed by atoms with Gasteiger partial charge in [-0.3, -0.25) is 0 Å². The van der Waals surface area contributed by atoms with Crippen LogP contribution in [0.25, 0.3) is 0 Å². The van der Waals surface area contributed by atoms with Crippen LogP contribution in [0.3, 0.4) is 0 Å². The van der Waals surface area contributed by atoms with Gasteiger partial charge in [-0.1, -0.05) is 19.1 Å². The van der Waals surface area contributed by atoms with E-state index in [2.05, 4.69) is 5.32 Å². The lowest BCUT2D eigenvalue weighted by molar-refractivity contribution is -0.145. The summed E-state index contributed by atoms with van der Waals surface area (Å²) in [5, 5.41) is 12.5. The number of rotatable bonds is 6. The smallest absolute Gasteiger partial charge is 0.327 e. The van der Waals surface area contributed by atoms with Gasteiger partial charge in [0.25, 0.3) is 0 Å². The summed E-state index contributed by atoms with van der Waals surface area (Å²) in [5.41, 5.74) is 0.719. The van der Waals surface area contributed by atoms with E-state index >= 15 is 0 Å². The highest BCUT2D eigenvalue weighted by Crippen LogP contribution is 2.19. The molecule has 0 bridgehead atoms. The third-order valence-electron chi connectivity index (χ3n) is 2.32. The third kappa shape index (κ3) is 4.07. The Morgan fingerprint density at radius 2 is 2.24 bits per heavy atom. The van der Waals surface area contributed by atoms with Crippen molar-refractivity contribution in [1.29, 1.82) is 0 Å². The van der Waals surface area contributed by atoms with Crippen molar-refractivity contribution in [3.05, 3.63) is 29.8 Å². The molecule has 0 fully saturated rings. The molecule has 2 N–H and O–H groups in total. The van der Waals surface area contributed by atoms with E-state index in [1.807, 2.05) is 6.92 Å². The Balaban J connectivity index is 2.85. The molecule has 0 saturated heterocycles. The highest BCUT2D eigenvalue weighted by molar-refractivity contribution is 5.77. The number of aromatic hydroxyl groups is 1. The number of hydrogen-bond donors (Lipinski definition) is 2. The normalized spacial score (nSPS) is 12.1. The molecule has 94 valence electrons. The molecule has 1 aromatic rings. The molecule has 17 heavy (non-hydrogen) atoms. The van der Waals surface area contributed by atoms with E-state index in [9.17, 15) is 9.90 Å². The largest absolute Gasteiger partial charge is 0.508 e. The van der Waals surface area contributed by atoms with Gasteiger partial charge in [0, 0.05) is 0 Å². The van der Waals surface area contributed by atoms with Crippen LogP contribution in [0.1, 0.15) is 31.9 Å². The summed E-state index contributed by atoms with van der Waals surface area (Å²) >= 11 is 0. The van der Waals surface area contributed by atoms with Crippen molar-refractivity contribution in [2.45, 2.75) is 26.3 Å². The van der Waals surface area contributed by atoms with Crippen LogP contribution in [-0.4, -0.2) is 24.2 Å². The molecule has 0 spiro atoms. The summed E-state index contributed by atoms with van der Waals surface area (Å²) in [4.78, 5) is 11.8. The minimum atomic E-state index is -0.512. The van der Waals surface area contributed by atoms with Gasteiger partial charge < -0.3 is 15.2 Å². The number of ether oxygens (including phenoxy) is 1. The summed E-state index contributed by atoms with van der Waals surface area (Å²) in [7, 11) is 0. The minimum Gasteiger partial charge on any atom is -0.508 e. The Labute approximate surface area is 102 Å². The Kier molecular flexibility index (Phi) is 5.49. The fraction of sp³-hybridized carbons (Fsp3) is 0.462. The first-order valence-corrected chi connectivity index (χ1v) is 5.88. The number of esters is 1. The summed E-state index contributed by atoms with van der Waals surface area (Å²) in [5.74, 6) is -0.165. The number of nitrogens with one attached hydrogen (secondary N) is 1. The number of benzene rings is 1. The summed E-state index contributed by atoms with van der Waals surface area (Å²) in [6, 6.07) is 6.14. The van der Waals surface area contributed by atoms with Gasteiger partial charge in [-0.05, 0) is 37.6 Å². The number of carbonyl (C=O) groups excluding carboxylic acids is 1. The lowest BCUT2D eigenvalue weighted by Gasteiger charge is -2.17. The maximum atomic E-state index is 11.8. The molecule has 4 heteroatoms. The zero-order chi connectivity index (χ0) is 12.7. The van der Waals surface area contributed by atoms with Crippen LogP contribution < -0.4 is 5.32 Å². The second kappa shape index (κ2) is 6.91. The second-order valence-electron chi connectivity index (χ2n) is 3.73. The lowest BCUT2D eigenvalue weighted by atomic mass is 10.1. The van der Waals surface area contributed by atoms with E-state index in [4.69, 9.17) is 4.74 Å². The number of phenolic OH excluding ortho intramolecular Hbond substituents is 1. The zero-order valence-electron chi connectivity index (χ0n) is 10.3. The molecule has 0 aliphatic heterocycles. The van der Waals surface area contributed by atoms with E-state index in [0.29, 0.717) is 6.61 Å². The summed E-state index contributed by atoms with van der Waals surface area (Å²) < 4.78 is 5.01. The molecule has 1 atom stereocenters. The van der Waals surface area contributed by atoms with Crippen LogP contribution in [-0.2, 0) is 9.53 Å². The van der Waals surface area contributed by atoms with Gasteiger partial charge in [0.15, 0.2) is 0 Å². The van der Waals surface area contributed by atoms with Gasteiger partial charge in [0.05, 0.1) is 6.61 Å². The molecule has 0 saturated carbocycles. The van der Waals surface area contributed by atoms with Crippen molar-refractivity contribution >= 4 is 5.97 Å². The first kappa shape index (κ1) is 13.5. The van der Waals surface area contributed by atoms with Crippen molar-refractivity contribution < 1.29 is 14.6 Å². The molecule has 0 aliphatic carbocycles. The number of hydrogen-bond acceptors (Lipinski definition) is 4. The molecular formula is C13H19NO3. The molecule has 0 aromatic heterocycles. The quantitative estimate of drug-likeness (QED) is 0.743. The van der Waals surface area contributed by atoms with E-state index in [-0.39, 0.29) is 11.7 Å². The maximum Gasteiger partial charge on any atom is 0.327 e. The van der Waals surface area contributed by atoms with Crippen LogP contribution in [0.15, 0.2) is 24.3 Å². The van der Waals surface area contributed by atoms with Gasteiger partial charge in [0.1, 0.15) is 11.8 Å². The Hall–Kier alpha value is -1.55. The Morgan fingerprint density at radius 3 is 2.82 bits per heavy atom. The van der Waals surface area contributed by atoms with Crippen LogP contribution in [0, 0.1) is 0 Å². The first-order valence-electron chi connectivity index (χ1n) is 5.88. The van der Waals surface area contributed by atoms with E-state index in [1.54, 1.807) is 31.2 Å². The monoisotopic (exact) mass is 237 g/mol.